The van der Waals surface area contributed by atoms with Crippen LogP contribution in [0.2, 0.25) is 0 Å². The standard InChI is InChI=1S/C11H21NO2S/c12-4-6-13-10-1-5-14-11(9-10)2-7-15-8-3-11/h10H,1-9,12H2. The molecule has 2 N–H and O–H groups in total. The molecule has 2 aliphatic heterocycles. The van der Waals surface area contributed by atoms with E-state index in [0.29, 0.717) is 19.3 Å². The van der Waals surface area contributed by atoms with Crippen LogP contribution in [0.3, 0.4) is 0 Å². The van der Waals surface area contributed by atoms with Crippen LogP contribution in [0, 0.1) is 0 Å². The molecule has 0 bridgehead atoms. The van der Waals surface area contributed by atoms with Crippen molar-refractivity contribution in [2.45, 2.75) is 37.4 Å². The SMILES string of the molecule is NCCOC1CCOC2(CCSCC2)C1. The maximum Gasteiger partial charge on any atom is 0.0723 e. The lowest BCUT2D eigenvalue weighted by atomic mass is 9.86. The van der Waals surface area contributed by atoms with Gasteiger partial charge in [-0.1, -0.05) is 0 Å². The molecule has 0 aromatic rings. The summed E-state index contributed by atoms with van der Waals surface area (Å²) >= 11 is 2.04. The van der Waals surface area contributed by atoms with Gasteiger partial charge in [-0.2, -0.15) is 11.8 Å². The average Bonchev–Trinajstić information content (AvgIpc) is 2.28. The van der Waals surface area contributed by atoms with E-state index in [4.69, 9.17) is 15.2 Å². The molecule has 0 radical (unpaired) electrons. The van der Waals surface area contributed by atoms with E-state index in [-0.39, 0.29) is 5.60 Å². The first-order valence-electron chi connectivity index (χ1n) is 5.88. The predicted octanol–water partition coefficient (Wildman–Crippen LogP) is 1.41. The average molecular weight is 231 g/mol. The number of hydrogen-bond acceptors (Lipinski definition) is 4. The molecule has 2 saturated heterocycles. The minimum atomic E-state index is 0.142. The van der Waals surface area contributed by atoms with Crippen molar-refractivity contribution in [2.75, 3.05) is 31.3 Å². The van der Waals surface area contributed by atoms with E-state index >= 15 is 0 Å². The zero-order valence-corrected chi connectivity index (χ0v) is 10.1. The summed E-state index contributed by atoms with van der Waals surface area (Å²) in [6, 6.07) is 0. The van der Waals surface area contributed by atoms with Gasteiger partial charge >= 0.3 is 0 Å². The summed E-state index contributed by atoms with van der Waals surface area (Å²) in [6.45, 7) is 2.18. The van der Waals surface area contributed by atoms with Gasteiger partial charge in [0.2, 0.25) is 0 Å². The third kappa shape index (κ3) is 3.09. The van der Waals surface area contributed by atoms with Gasteiger partial charge in [0.25, 0.3) is 0 Å². The minimum Gasteiger partial charge on any atom is -0.377 e. The lowest BCUT2D eigenvalue weighted by Crippen LogP contribution is -2.45. The van der Waals surface area contributed by atoms with Crippen LogP contribution in [0.5, 0.6) is 0 Å². The Balaban J connectivity index is 1.85. The molecule has 0 aromatic carbocycles. The molecule has 1 spiro atoms. The number of nitrogens with two attached hydrogens (primary N) is 1. The minimum absolute atomic E-state index is 0.142. The third-order valence-corrected chi connectivity index (χ3v) is 4.31. The molecule has 4 heteroatoms. The molecule has 1 atom stereocenters. The topological polar surface area (TPSA) is 44.5 Å². The molecule has 0 amide bonds. The summed E-state index contributed by atoms with van der Waals surface area (Å²) < 4.78 is 11.7. The summed E-state index contributed by atoms with van der Waals surface area (Å²) in [7, 11) is 0. The zero-order chi connectivity index (χ0) is 10.6. The van der Waals surface area contributed by atoms with Gasteiger partial charge in [0.15, 0.2) is 0 Å². The molecule has 88 valence electrons. The van der Waals surface area contributed by atoms with Gasteiger partial charge in [0.05, 0.1) is 18.3 Å². The molecule has 3 nitrogen and oxygen atoms in total. The fraction of sp³-hybridized carbons (Fsp3) is 1.00. The maximum atomic E-state index is 5.99. The monoisotopic (exact) mass is 231 g/mol. The maximum absolute atomic E-state index is 5.99. The van der Waals surface area contributed by atoms with E-state index in [1.807, 2.05) is 11.8 Å². The Labute approximate surface area is 96.1 Å². The molecule has 1 unspecified atom stereocenters. The van der Waals surface area contributed by atoms with Crippen LogP contribution in [0.4, 0.5) is 0 Å². The van der Waals surface area contributed by atoms with Gasteiger partial charge in [-0.3, -0.25) is 0 Å². The number of ether oxygens (including phenoxy) is 2. The Morgan fingerprint density at radius 1 is 1.40 bits per heavy atom. The molecular formula is C11H21NO2S. The van der Waals surface area contributed by atoms with Gasteiger partial charge in [-0.05, 0) is 30.8 Å². The zero-order valence-electron chi connectivity index (χ0n) is 9.24. The highest BCUT2D eigenvalue weighted by Crippen LogP contribution is 2.38. The van der Waals surface area contributed by atoms with Crippen molar-refractivity contribution < 1.29 is 9.47 Å². The molecule has 2 aliphatic rings. The molecule has 0 aromatic heterocycles. The third-order valence-electron chi connectivity index (χ3n) is 3.32. The lowest BCUT2D eigenvalue weighted by Gasteiger charge is -2.43. The Bertz CT molecular complexity index is 190. The largest absolute Gasteiger partial charge is 0.377 e. The van der Waals surface area contributed by atoms with Crippen LogP contribution < -0.4 is 5.73 Å². The normalized spacial score (nSPS) is 30.6. The Hall–Kier alpha value is 0.230. The van der Waals surface area contributed by atoms with Crippen LogP contribution >= 0.6 is 11.8 Å². The molecule has 15 heavy (non-hydrogen) atoms. The van der Waals surface area contributed by atoms with Gasteiger partial charge in [-0.25, -0.2) is 0 Å². The second-order valence-corrected chi connectivity index (χ2v) is 5.64. The van der Waals surface area contributed by atoms with Crippen LogP contribution in [0.1, 0.15) is 25.7 Å². The molecular weight excluding hydrogens is 210 g/mol. The molecule has 0 aliphatic carbocycles. The first-order chi connectivity index (χ1) is 7.35. The van der Waals surface area contributed by atoms with Gasteiger partial charge in [0.1, 0.15) is 0 Å². The number of rotatable bonds is 3. The smallest absolute Gasteiger partial charge is 0.0723 e. The van der Waals surface area contributed by atoms with E-state index in [1.54, 1.807) is 0 Å². The van der Waals surface area contributed by atoms with Crippen molar-refractivity contribution in [2.24, 2.45) is 5.73 Å². The summed E-state index contributed by atoms with van der Waals surface area (Å²) in [4.78, 5) is 0. The first-order valence-corrected chi connectivity index (χ1v) is 7.03. The Morgan fingerprint density at radius 3 is 2.93 bits per heavy atom. The van der Waals surface area contributed by atoms with Crippen molar-refractivity contribution >= 4 is 11.8 Å². The highest BCUT2D eigenvalue weighted by atomic mass is 32.2. The van der Waals surface area contributed by atoms with E-state index in [2.05, 4.69) is 0 Å². The molecule has 2 heterocycles. The van der Waals surface area contributed by atoms with Crippen molar-refractivity contribution in [3.05, 3.63) is 0 Å². The van der Waals surface area contributed by atoms with Crippen molar-refractivity contribution in [3.8, 4) is 0 Å². The predicted molar refractivity (Wildman–Crippen MR) is 63.3 cm³/mol. The van der Waals surface area contributed by atoms with Crippen molar-refractivity contribution in [1.82, 2.24) is 0 Å². The Morgan fingerprint density at radius 2 is 2.20 bits per heavy atom. The highest BCUT2D eigenvalue weighted by Gasteiger charge is 2.38. The van der Waals surface area contributed by atoms with Crippen LogP contribution in [-0.4, -0.2) is 43.0 Å². The Kier molecular flexibility index (Phi) is 4.31. The summed E-state index contributed by atoms with van der Waals surface area (Å²) in [5.74, 6) is 2.48. The quantitative estimate of drug-likeness (QED) is 0.797. The van der Waals surface area contributed by atoms with Crippen molar-refractivity contribution in [3.63, 3.8) is 0 Å². The van der Waals surface area contributed by atoms with Gasteiger partial charge < -0.3 is 15.2 Å². The van der Waals surface area contributed by atoms with E-state index < -0.39 is 0 Å². The summed E-state index contributed by atoms with van der Waals surface area (Å²) in [5, 5.41) is 0. The fourth-order valence-corrected chi connectivity index (χ4v) is 3.69. The second-order valence-electron chi connectivity index (χ2n) is 4.42. The van der Waals surface area contributed by atoms with Crippen LogP contribution in [-0.2, 0) is 9.47 Å². The highest BCUT2D eigenvalue weighted by molar-refractivity contribution is 7.99. The van der Waals surface area contributed by atoms with E-state index in [9.17, 15) is 0 Å². The first kappa shape index (κ1) is 11.7. The van der Waals surface area contributed by atoms with Crippen LogP contribution in [0.25, 0.3) is 0 Å². The van der Waals surface area contributed by atoms with E-state index in [0.717, 1.165) is 19.4 Å². The molecule has 2 rings (SSSR count). The molecule has 0 saturated carbocycles. The molecule has 2 fully saturated rings. The number of thioether (sulfide) groups is 1. The van der Waals surface area contributed by atoms with Crippen molar-refractivity contribution in [1.29, 1.82) is 0 Å². The van der Waals surface area contributed by atoms with Gasteiger partial charge in [0, 0.05) is 19.6 Å². The van der Waals surface area contributed by atoms with Gasteiger partial charge in [-0.15, -0.1) is 0 Å². The second kappa shape index (κ2) is 5.53. The lowest BCUT2D eigenvalue weighted by molar-refractivity contribution is -0.136. The number of hydrogen-bond donors (Lipinski definition) is 1. The van der Waals surface area contributed by atoms with Crippen LogP contribution in [0.15, 0.2) is 0 Å². The fourth-order valence-electron chi connectivity index (χ4n) is 2.45. The summed E-state index contributed by atoms with van der Waals surface area (Å²) in [6.07, 6.45) is 4.88. The summed E-state index contributed by atoms with van der Waals surface area (Å²) in [5.41, 5.74) is 5.60. The van der Waals surface area contributed by atoms with E-state index in [1.165, 1.54) is 24.3 Å².